The predicted octanol–water partition coefficient (Wildman–Crippen LogP) is 3.14. The summed E-state index contributed by atoms with van der Waals surface area (Å²) in [5, 5.41) is 0. The van der Waals surface area contributed by atoms with E-state index in [2.05, 4.69) is 0 Å². The summed E-state index contributed by atoms with van der Waals surface area (Å²) >= 11 is 1.35. The largest absolute Gasteiger partial charge is 0.348 e. The highest BCUT2D eigenvalue weighted by molar-refractivity contribution is 8.00. The first kappa shape index (κ1) is 11.9. The van der Waals surface area contributed by atoms with E-state index in [1.54, 1.807) is 22.8 Å². The number of hydrogen-bond donors (Lipinski definition) is 0. The maximum atomic E-state index is 12.9. The Hall–Kier alpha value is -1.55. The van der Waals surface area contributed by atoms with E-state index in [0.29, 0.717) is 11.4 Å². The van der Waals surface area contributed by atoms with Crippen LogP contribution in [-0.4, -0.2) is 16.1 Å². The number of aryl methyl sites for hydroxylation is 1. The Morgan fingerprint density at radius 2 is 2.18 bits per heavy atom. The van der Waals surface area contributed by atoms with Crippen LogP contribution < -0.4 is 0 Å². The molecule has 17 heavy (non-hydrogen) atoms. The van der Waals surface area contributed by atoms with E-state index in [4.69, 9.17) is 0 Å². The molecular weight excluding hydrogens is 237 g/mol. The minimum atomic E-state index is -0.277. The number of aromatic nitrogens is 1. The lowest BCUT2D eigenvalue weighted by Crippen LogP contribution is -2.07. The molecule has 2 rings (SSSR count). The molecule has 0 amide bonds. The number of thioether (sulfide) groups is 1. The predicted molar refractivity (Wildman–Crippen MR) is 66.9 cm³/mol. The number of Topliss-reactive ketones (excluding diaryl/α,β-unsaturated/α-hetero) is 1. The highest BCUT2D eigenvalue weighted by Crippen LogP contribution is 2.19. The summed E-state index contributed by atoms with van der Waals surface area (Å²) < 4.78 is 14.7. The summed E-state index contributed by atoms with van der Waals surface area (Å²) in [4.78, 5) is 12.6. The van der Waals surface area contributed by atoms with E-state index in [9.17, 15) is 9.18 Å². The summed E-state index contributed by atoms with van der Waals surface area (Å²) in [5.41, 5.74) is 0.675. The molecule has 2 aromatic rings. The van der Waals surface area contributed by atoms with Gasteiger partial charge in [-0.3, -0.25) is 4.79 Å². The summed E-state index contributed by atoms with van der Waals surface area (Å²) in [5.74, 6) is 0.0921. The summed E-state index contributed by atoms with van der Waals surface area (Å²) in [7, 11) is 1.83. The van der Waals surface area contributed by atoms with Crippen molar-refractivity contribution in [3.05, 3.63) is 54.1 Å². The van der Waals surface area contributed by atoms with Crippen molar-refractivity contribution in [3.63, 3.8) is 0 Å². The molecule has 0 saturated carbocycles. The van der Waals surface area contributed by atoms with E-state index in [1.807, 2.05) is 19.3 Å². The first-order chi connectivity index (χ1) is 8.16. The van der Waals surface area contributed by atoms with Crippen molar-refractivity contribution in [2.75, 3.05) is 5.75 Å². The fraction of sp³-hybridized carbons (Fsp3) is 0.154. The zero-order valence-corrected chi connectivity index (χ0v) is 10.2. The van der Waals surface area contributed by atoms with Crippen LogP contribution >= 0.6 is 11.8 Å². The zero-order valence-electron chi connectivity index (χ0n) is 9.39. The van der Waals surface area contributed by atoms with Gasteiger partial charge in [-0.05, 0) is 30.3 Å². The molecule has 88 valence electrons. The summed E-state index contributed by atoms with van der Waals surface area (Å²) in [6.45, 7) is 0. The SMILES string of the molecule is Cn1cccc1C(=O)CSc1cccc(F)c1. The van der Waals surface area contributed by atoms with Crippen molar-refractivity contribution >= 4 is 17.5 Å². The lowest BCUT2D eigenvalue weighted by Gasteiger charge is -2.03. The zero-order chi connectivity index (χ0) is 12.3. The molecule has 0 bridgehead atoms. The van der Waals surface area contributed by atoms with Crippen molar-refractivity contribution in [2.45, 2.75) is 4.90 Å². The Labute approximate surface area is 103 Å². The lowest BCUT2D eigenvalue weighted by atomic mass is 10.3. The van der Waals surface area contributed by atoms with E-state index < -0.39 is 0 Å². The molecule has 0 saturated heterocycles. The molecule has 1 heterocycles. The number of benzene rings is 1. The molecule has 0 aliphatic carbocycles. The van der Waals surface area contributed by atoms with Gasteiger partial charge in [0.25, 0.3) is 0 Å². The highest BCUT2D eigenvalue weighted by Gasteiger charge is 2.09. The van der Waals surface area contributed by atoms with Gasteiger partial charge in [0.2, 0.25) is 0 Å². The summed E-state index contributed by atoms with van der Waals surface area (Å²) in [6.07, 6.45) is 1.83. The van der Waals surface area contributed by atoms with Crippen LogP contribution in [0.3, 0.4) is 0 Å². The van der Waals surface area contributed by atoms with Crippen LogP contribution in [0.25, 0.3) is 0 Å². The Morgan fingerprint density at radius 1 is 1.35 bits per heavy atom. The number of ketones is 1. The third-order valence-corrected chi connectivity index (χ3v) is 3.39. The third-order valence-electron chi connectivity index (χ3n) is 2.40. The monoisotopic (exact) mass is 249 g/mol. The molecule has 1 aromatic heterocycles. The van der Waals surface area contributed by atoms with Gasteiger partial charge in [-0.2, -0.15) is 0 Å². The molecular formula is C13H12FNOS. The highest BCUT2D eigenvalue weighted by atomic mass is 32.2. The molecule has 0 unspecified atom stereocenters. The molecule has 0 aliphatic heterocycles. The first-order valence-electron chi connectivity index (χ1n) is 5.20. The Kier molecular flexibility index (Phi) is 3.64. The third kappa shape index (κ3) is 2.97. The molecule has 0 fully saturated rings. The number of carbonyl (C=O) groups excluding carboxylic acids is 1. The molecule has 0 radical (unpaired) electrons. The van der Waals surface area contributed by atoms with Crippen molar-refractivity contribution < 1.29 is 9.18 Å². The van der Waals surface area contributed by atoms with Crippen LogP contribution in [0.1, 0.15) is 10.5 Å². The van der Waals surface area contributed by atoms with Gasteiger partial charge in [-0.25, -0.2) is 4.39 Å². The Morgan fingerprint density at radius 3 is 2.82 bits per heavy atom. The average molecular weight is 249 g/mol. The number of carbonyl (C=O) groups is 1. The number of hydrogen-bond acceptors (Lipinski definition) is 2. The maximum absolute atomic E-state index is 12.9. The Bertz CT molecular complexity index is 536. The second kappa shape index (κ2) is 5.19. The minimum absolute atomic E-state index is 0.0479. The van der Waals surface area contributed by atoms with Gasteiger partial charge >= 0.3 is 0 Å². The van der Waals surface area contributed by atoms with Crippen LogP contribution in [0.2, 0.25) is 0 Å². The van der Waals surface area contributed by atoms with Crippen LogP contribution in [0.4, 0.5) is 4.39 Å². The van der Waals surface area contributed by atoms with Crippen molar-refractivity contribution in [1.29, 1.82) is 0 Å². The maximum Gasteiger partial charge on any atom is 0.189 e. The van der Waals surface area contributed by atoms with E-state index in [-0.39, 0.29) is 11.6 Å². The van der Waals surface area contributed by atoms with Gasteiger partial charge < -0.3 is 4.57 Å². The molecule has 4 heteroatoms. The van der Waals surface area contributed by atoms with Gasteiger partial charge in [0.1, 0.15) is 5.82 Å². The molecule has 0 spiro atoms. The molecule has 0 atom stereocenters. The Balaban J connectivity index is 1.99. The molecule has 0 aliphatic rings. The number of halogens is 1. The molecule has 1 aromatic carbocycles. The topological polar surface area (TPSA) is 22.0 Å². The van der Waals surface area contributed by atoms with E-state index in [0.717, 1.165) is 4.90 Å². The number of rotatable bonds is 4. The van der Waals surface area contributed by atoms with Crippen LogP contribution in [0, 0.1) is 5.82 Å². The number of nitrogens with zero attached hydrogens (tertiary/aromatic N) is 1. The van der Waals surface area contributed by atoms with Crippen molar-refractivity contribution in [3.8, 4) is 0 Å². The van der Waals surface area contributed by atoms with Gasteiger partial charge in [-0.15, -0.1) is 11.8 Å². The quantitative estimate of drug-likeness (QED) is 0.613. The van der Waals surface area contributed by atoms with Crippen molar-refractivity contribution in [1.82, 2.24) is 4.57 Å². The lowest BCUT2D eigenvalue weighted by molar-refractivity contribution is 0.101. The second-order valence-electron chi connectivity index (χ2n) is 3.67. The smallest absolute Gasteiger partial charge is 0.189 e. The average Bonchev–Trinajstić information content (AvgIpc) is 2.72. The summed E-state index contributed by atoms with van der Waals surface area (Å²) in [6, 6.07) is 9.89. The fourth-order valence-electron chi connectivity index (χ4n) is 1.53. The van der Waals surface area contributed by atoms with Gasteiger partial charge in [0.15, 0.2) is 5.78 Å². The normalized spacial score (nSPS) is 10.5. The fourth-order valence-corrected chi connectivity index (χ4v) is 2.35. The van der Waals surface area contributed by atoms with Gasteiger partial charge in [-0.1, -0.05) is 6.07 Å². The van der Waals surface area contributed by atoms with Crippen LogP contribution in [-0.2, 0) is 7.05 Å². The van der Waals surface area contributed by atoms with Gasteiger partial charge in [0.05, 0.1) is 11.4 Å². The standard InChI is InChI=1S/C13H12FNOS/c1-15-7-3-6-12(15)13(16)9-17-11-5-2-4-10(14)8-11/h2-8H,9H2,1H3. The van der Waals surface area contributed by atoms with E-state index in [1.165, 1.54) is 23.9 Å². The van der Waals surface area contributed by atoms with Crippen molar-refractivity contribution in [2.24, 2.45) is 7.05 Å². The van der Waals surface area contributed by atoms with Crippen LogP contribution in [0.5, 0.6) is 0 Å². The minimum Gasteiger partial charge on any atom is -0.348 e. The second-order valence-corrected chi connectivity index (χ2v) is 4.72. The molecule has 2 nitrogen and oxygen atoms in total. The first-order valence-corrected chi connectivity index (χ1v) is 6.18. The van der Waals surface area contributed by atoms with Crippen LogP contribution in [0.15, 0.2) is 47.5 Å². The van der Waals surface area contributed by atoms with E-state index >= 15 is 0 Å². The van der Waals surface area contributed by atoms with Gasteiger partial charge in [0, 0.05) is 18.1 Å². The molecule has 0 N–H and O–H groups in total.